The lowest BCUT2D eigenvalue weighted by molar-refractivity contribution is 0.102. The van der Waals surface area contributed by atoms with Crippen molar-refractivity contribution in [1.82, 2.24) is 14.8 Å². The molecule has 6 nitrogen and oxygen atoms in total. The average Bonchev–Trinajstić information content (AvgIpc) is 2.97. The molecule has 0 aliphatic heterocycles. The Labute approximate surface area is 140 Å². The van der Waals surface area contributed by atoms with Crippen LogP contribution >= 0.6 is 0 Å². The minimum atomic E-state index is -0.241. The van der Waals surface area contributed by atoms with Gasteiger partial charge in [-0.3, -0.25) is 14.5 Å². The zero-order valence-electron chi connectivity index (χ0n) is 13.6. The lowest BCUT2D eigenvalue weighted by Gasteiger charge is -2.10. The van der Waals surface area contributed by atoms with Crippen molar-refractivity contribution in [1.29, 1.82) is 0 Å². The predicted octanol–water partition coefficient (Wildman–Crippen LogP) is 3.13. The fourth-order valence-electron chi connectivity index (χ4n) is 2.34. The van der Waals surface area contributed by atoms with E-state index in [9.17, 15) is 4.79 Å². The Kier molecular flexibility index (Phi) is 4.56. The molecule has 1 N–H and O–H groups in total. The van der Waals surface area contributed by atoms with E-state index in [0.717, 1.165) is 5.69 Å². The van der Waals surface area contributed by atoms with E-state index in [1.54, 1.807) is 42.2 Å². The second-order valence-corrected chi connectivity index (χ2v) is 5.14. The zero-order chi connectivity index (χ0) is 16.9. The SMILES string of the molecule is CCOc1ccccc1C(=O)Nc1cc(-c2ccccn2)nn1C. The molecule has 0 spiro atoms. The molecular formula is C18H18N4O2. The van der Waals surface area contributed by atoms with Crippen LogP contribution in [0.5, 0.6) is 5.75 Å². The molecule has 2 heterocycles. The molecule has 0 bridgehead atoms. The van der Waals surface area contributed by atoms with Crippen molar-refractivity contribution in [3.63, 3.8) is 0 Å². The predicted molar refractivity (Wildman–Crippen MR) is 92.0 cm³/mol. The summed E-state index contributed by atoms with van der Waals surface area (Å²) in [6.07, 6.45) is 1.71. The summed E-state index contributed by atoms with van der Waals surface area (Å²) in [5.41, 5.74) is 1.94. The number of carbonyl (C=O) groups excluding carboxylic acids is 1. The summed E-state index contributed by atoms with van der Waals surface area (Å²) in [6.45, 7) is 2.38. The number of ether oxygens (including phenoxy) is 1. The molecule has 1 aromatic carbocycles. The van der Waals surface area contributed by atoms with Gasteiger partial charge in [0.15, 0.2) is 0 Å². The highest BCUT2D eigenvalue weighted by molar-refractivity contribution is 6.06. The maximum Gasteiger partial charge on any atom is 0.260 e. The van der Waals surface area contributed by atoms with Crippen molar-refractivity contribution in [2.75, 3.05) is 11.9 Å². The van der Waals surface area contributed by atoms with Crippen LogP contribution in [0.4, 0.5) is 5.82 Å². The highest BCUT2D eigenvalue weighted by atomic mass is 16.5. The molecular weight excluding hydrogens is 304 g/mol. The monoisotopic (exact) mass is 322 g/mol. The van der Waals surface area contributed by atoms with Gasteiger partial charge in [0.05, 0.1) is 17.9 Å². The normalized spacial score (nSPS) is 10.4. The molecule has 122 valence electrons. The van der Waals surface area contributed by atoms with E-state index in [4.69, 9.17) is 4.74 Å². The summed E-state index contributed by atoms with van der Waals surface area (Å²) in [5.74, 6) is 0.909. The highest BCUT2D eigenvalue weighted by Gasteiger charge is 2.15. The summed E-state index contributed by atoms with van der Waals surface area (Å²) in [4.78, 5) is 16.8. The van der Waals surface area contributed by atoms with Gasteiger partial charge in [-0.05, 0) is 31.2 Å². The van der Waals surface area contributed by atoms with E-state index in [1.807, 2.05) is 31.2 Å². The van der Waals surface area contributed by atoms with Crippen LogP contribution in [-0.4, -0.2) is 27.3 Å². The van der Waals surface area contributed by atoms with Gasteiger partial charge in [-0.2, -0.15) is 5.10 Å². The molecule has 0 aliphatic rings. The molecule has 6 heteroatoms. The summed E-state index contributed by atoms with van der Waals surface area (Å²) in [7, 11) is 1.77. The first-order chi connectivity index (χ1) is 11.7. The molecule has 2 aromatic heterocycles. The van der Waals surface area contributed by atoms with Gasteiger partial charge in [0.2, 0.25) is 0 Å². The molecule has 0 saturated carbocycles. The van der Waals surface area contributed by atoms with E-state index in [1.165, 1.54) is 0 Å². The van der Waals surface area contributed by atoms with Crippen molar-refractivity contribution in [3.05, 3.63) is 60.3 Å². The smallest absolute Gasteiger partial charge is 0.260 e. The second-order valence-electron chi connectivity index (χ2n) is 5.14. The van der Waals surface area contributed by atoms with Crippen LogP contribution < -0.4 is 10.1 Å². The highest BCUT2D eigenvalue weighted by Crippen LogP contribution is 2.22. The van der Waals surface area contributed by atoms with Crippen LogP contribution in [-0.2, 0) is 7.05 Å². The van der Waals surface area contributed by atoms with Crippen LogP contribution in [0.3, 0.4) is 0 Å². The molecule has 0 unspecified atom stereocenters. The number of hydrogen-bond acceptors (Lipinski definition) is 4. The van der Waals surface area contributed by atoms with E-state index >= 15 is 0 Å². The third-order valence-corrected chi connectivity index (χ3v) is 3.48. The Morgan fingerprint density at radius 3 is 2.71 bits per heavy atom. The van der Waals surface area contributed by atoms with Crippen molar-refractivity contribution in [2.24, 2.45) is 7.05 Å². The molecule has 3 rings (SSSR count). The first kappa shape index (κ1) is 15.7. The summed E-state index contributed by atoms with van der Waals surface area (Å²) >= 11 is 0. The van der Waals surface area contributed by atoms with Gasteiger partial charge >= 0.3 is 0 Å². The quantitative estimate of drug-likeness (QED) is 0.783. The number of anilines is 1. The number of benzene rings is 1. The van der Waals surface area contributed by atoms with Crippen LogP contribution in [0.15, 0.2) is 54.7 Å². The fraction of sp³-hybridized carbons (Fsp3) is 0.167. The average molecular weight is 322 g/mol. The van der Waals surface area contributed by atoms with E-state index in [-0.39, 0.29) is 5.91 Å². The number of hydrogen-bond donors (Lipinski definition) is 1. The Morgan fingerprint density at radius 1 is 1.17 bits per heavy atom. The topological polar surface area (TPSA) is 69.0 Å². The molecule has 24 heavy (non-hydrogen) atoms. The van der Waals surface area contributed by atoms with Crippen LogP contribution in [0.1, 0.15) is 17.3 Å². The Hall–Kier alpha value is -3.15. The maximum atomic E-state index is 12.6. The summed E-state index contributed by atoms with van der Waals surface area (Å²) < 4.78 is 7.12. The number of aromatic nitrogens is 3. The number of nitrogens with zero attached hydrogens (tertiary/aromatic N) is 3. The minimum absolute atomic E-state index is 0.241. The Morgan fingerprint density at radius 2 is 1.96 bits per heavy atom. The van der Waals surface area contributed by atoms with Gasteiger partial charge in [0, 0.05) is 19.3 Å². The molecule has 1 amide bonds. The fourth-order valence-corrected chi connectivity index (χ4v) is 2.34. The standard InChI is InChI=1S/C18H18N4O2/c1-3-24-16-10-5-4-8-13(16)18(23)20-17-12-15(21-22(17)2)14-9-6-7-11-19-14/h4-12H,3H2,1-2H3,(H,20,23). The summed E-state index contributed by atoms with van der Waals surface area (Å²) in [6, 6.07) is 14.6. The third kappa shape index (κ3) is 3.27. The lowest BCUT2D eigenvalue weighted by atomic mass is 10.2. The number of aryl methyl sites for hydroxylation is 1. The Bertz CT molecular complexity index is 843. The number of pyridine rings is 1. The van der Waals surface area contributed by atoms with Gasteiger partial charge in [-0.15, -0.1) is 0 Å². The zero-order valence-corrected chi connectivity index (χ0v) is 13.6. The molecule has 0 atom stereocenters. The van der Waals surface area contributed by atoms with E-state index in [2.05, 4.69) is 15.4 Å². The summed E-state index contributed by atoms with van der Waals surface area (Å²) in [5, 5.41) is 7.26. The molecule has 3 aromatic rings. The number of carbonyl (C=O) groups is 1. The Balaban J connectivity index is 1.84. The van der Waals surface area contributed by atoms with Crippen LogP contribution in [0.2, 0.25) is 0 Å². The minimum Gasteiger partial charge on any atom is -0.493 e. The third-order valence-electron chi connectivity index (χ3n) is 3.48. The van der Waals surface area contributed by atoms with E-state index in [0.29, 0.717) is 29.4 Å². The van der Waals surface area contributed by atoms with Gasteiger partial charge in [0.25, 0.3) is 5.91 Å². The second kappa shape index (κ2) is 6.95. The molecule has 0 fully saturated rings. The molecule has 0 saturated heterocycles. The van der Waals surface area contributed by atoms with Crippen molar-refractivity contribution < 1.29 is 9.53 Å². The maximum absolute atomic E-state index is 12.6. The van der Waals surface area contributed by atoms with Crippen LogP contribution in [0.25, 0.3) is 11.4 Å². The number of rotatable bonds is 5. The van der Waals surface area contributed by atoms with Crippen molar-refractivity contribution in [3.8, 4) is 17.1 Å². The van der Waals surface area contributed by atoms with Crippen molar-refractivity contribution in [2.45, 2.75) is 6.92 Å². The van der Waals surface area contributed by atoms with Gasteiger partial charge < -0.3 is 10.1 Å². The number of amides is 1. The lowest BCUT2D eigenvalue weighted by Crippen LogP contribution is -2.15. The first-order valence-corrected chi connectivity index (χ1v) is 7.67. The number of nitrogens with one attached hydrogen (secondary N) is 1. The number of para-hydroxylation sites is 1. The van der Waals surface area contributed by atoms with E-state index < -0.39 is 0 Å². The van der Waals surface area contributed by atoms with Gasteiger partial charge in [-0.25, -0.2) is 0 Å². The molecule has 0 aliphatic carbocycles. The van der Waals surface area contributed by atoms with Gasteiger partial charge in [-0.1, -0.05) is 18.2 Å². The van der Waals surface area contributed by atoms with Crippen molar-refractivity contribution >= 4 is 11.7 Å². The van der Waals surface area contributed by atoms with Gasteiger partial charge in [0.1, 0.15) is 17.3 Å². The largest absolute Gasteiger partial charge is 0.493 e. The first-order valence-electron chi connectivity index (χ1n) is 7.67. The molecule has 0 radical (unpaired) electrons. The van der Waals surface area contributed by atoms with Crippen LogP contribution in [0, 0.1) is 0 Å².